The second-order valence-corrected chi connectivity index (χ2v) is 4.36. The second-order valence-electron chi connectivity index (χ2n) is 4.36. The standard InChI is InChI=1S/C15H18N4O/c1-4-12-10(8-16)15(18-3)9-6-11(17)14(20-5-2)7-13(9)19-12/h6-7H,4-5,17H2,1-3H3,(H,18,19). The molecule has 1 aromatic heterocycles. The third-order valence-electron chi connectivity index (χ3n) is 3.19. The molecule has 0 aliphatic heterocycles. The first kappa shape index (κ1) is 13.9. The lowest BCUT2D eigenvalue weighted by atomic mass is 10.0. The van der Waals surface area contributed by atoms with E-state index in [2.05, 4.69) is 16.4 Å². The summed E-state index contributed by atoms with van der Waals surface area (Å²) in [4.78, 5) is 4.56. The number of pyridine rings is 1. The Bertz CT molecular complexity index is 689. The Hall–Kier alpha value is -2.48. The van der Waals surface area contributed by atoms with E-state index in [1.54, 1.807) is 13.1 Å². The molecule has 3 N–H and O–H groups in total. The van der Waals surface area contributed by atoms with Crippen molar-refractivity contribution < 1.29 is 4.74 Å². The number of anilines is 2. The Morgan fingerprint density at radius 2 is 2.15 bits per heavy atom. The Morgan fingerprint density at radius 3 is 2.70 bits per heavy atom. The lowest BCUT2D eigenvalue weighted by Crippen LogP contribution is -2.03. The SMILES string of the molecule is CCOc1cc2nc(CC)c(C#N)c(NC)c2cc1N. The number of nitrogens with zero attached hydrogens (tertiary/aromatic N) is 2. The van der Waals surface area contributed by atoms with Crippen LogP contribution in [-0.4, -0.2) is 18.6 Å². The molecule has 0 aliphatic carbocycles. The minimum absolute atomic E-state index is 0.547. The molecule has 0 amide bonds. The molecule has 5 nitrogen and oxygen atoms in total. The van der Waals surface area contributed by atoms with Gasteiger partial charge >= 0.3 is 0 Å². The maximum atomic E-state index is 9.34. The number of benzene rings is 1. The Kier molecular flexibility index (Phi) is 3.94. The average molecular weight is 270 g/mol. The van der Waals surface area contributed by atoms with Gasteiger partial charge in [0.1, 0.15) is 11.8 Å². The molecule has 0 radical (unpaired) electrons. The summed E-state index contributed by atoms with van der Waals surface area (Å²) in [5, 5.41) is 13.3. The van der Waals surface area contributed by atoms with Crippen molar-refractivity contribution >= 4 is 22.3 Å². The number of aryl methyl sites for hydroxylation is 1. The van der Waals surface area contributed by atoms with Gasteiger partial charge in [-0.25, -0.2) is 0 Å². The number of nitrogens with two attached hydrogens (primary N) is 1. The number of hydrogen-bond acceptors (Lipinski definition) is 5. The number of nitrogen functional groups attached to an aromatic ring is 1. The van der Waals surface area contributed by atoms with Crippen molar-refractivity contribution in [2.24, 2.45) is 0 Å². The number of aromatic nitrogens is 1. The predicted molar refractivity (Wildman–Crippen MR) is 81.0 cm³/mol. The second kappa shape index (κ2) is 5.66. The fraction of sp³-hybridized carbons (Fsp3) is 0.333. The van der Waals surface area contributed by atoms with Crippen LogP contribution < -0.4 is 15.8 Å². The molecule has 0 saturated heterocycles. The summed E-state index contributed by atoms with van der Waals surface area (Å²) in [6.07, 6.45) is 0.696. The van der Waals surface area contributed by atoms with Crippen LogP contribution in [0.1, 0.15) is 25.1 Å². The van der Waals surface area contributed by atoms with Crippen molar-refractivity contribution in [1.29, 1.82) is 5.26 Å². The molecule has 0 bridgehead atoms. The minimum atomic E-state index is 0.547. The lowest BCUT2D eigenvalue weighted by molar-refractivity contribution is 0.342. The quantitative estimate of drug-likeness (QED) is 0.834. The molecule has 1 heterocycles. The maximum absolute atomic E-state index is 9.34. The fourth-order valence-corrected chi connectivity index (χ4v) is 2.28. The van der Waals surface area contributed by atoms with E-state index in [0.29, 0.717) is 30.0 Å². The third-order valence-corrected chi connectivity index (χ3v) is 3.19. The Morgan fingerprint density at radius 1 is 1.40 bits per heavy atom. The lowest BCUT2D eigenvalue weighted by Gasteiger charge is -2.14. The van der Waals surface area contributed by atoms with Crippen molar-refractivity contribution in [2.75, 3.05) is 24.7 Å². The van der Waals surface area contributed by atoms with Crippen molar-refractivity contribution in [3.63, 3.8) is 0 Å². The summed E-state index contributed by atoms with van der Waals surface area (Å²) in [6, 6.07) is 5.85. The van der Waals surface area contributed by atoms with Crippen LogP contribution >= 0.6 is 0 Å². The first-order valence-corrected chi connectivity index (χ1v) is 6.62. The Balaban J connectivity index is 2.81. The zero-order valence-electron chi connectivity index (χ0n) is 11.9. The van der Waals surface area contributed by atoms with E-state index < -0.39 is 0 Å². The smallest absolute Gasteiger partial charge is 0.144 e. The summed E-state index contributed by atoms with van der Waals surface area (Å²) in [7, 11) is 1.79. The molecular formula is C15H18N4O. The van der Waals surface area contributed by atoms with Gasteiger partial charge in [-0.2, -0.15) is 5.26 Å². The van der Waals surface area contributed by atoms with Crippen molar-refractivity contribution in [1.82, 2.24) is 4.98 Å². The number of ether oxygens (including phenoxy) is 1. The van der Waals surface area contributed by atoms with E-state index in [1.807, 2.05) is 19.9 Å². The van der Waals surface area contributed by atoms with Gasteiger partial charge in [-0.3, -0.25) is 4.98 Å². The largest absolute Gasteiger partial charge is 0.492 e. The van der Waals surface area contributed by atoms with Crippen LogP contribution in [0.15, 0.2) is 12.1 Å². The number of nitrogens with one attached hydrogen (secondary N) is 1. The molecule has 5 heteroatoms. The van der Waals surface area contributed by atoms with Gasteiger partial charge in [0, 0.05) is 18.5 Å². The average Bonchev–Trinajstić information content (AvgIpc) is 2.46. The van der Waals surface area contributed by atoms with E-state index in [1.165, 1.54) is 0 Å². The molecule has 0 unspecified atom stereocenters. The van der Waals surface area contributed by atoms with E-state index in [-0.39, 0.29) is 0 Å². The third kappa shape index (κ3) is 2.21. The molecule has 0 spiro atoms. The first-order chi connectivity index (χ1) is 9.65. The van der Waals surface area contributed by atoms with Gasteiger partial charge in [-0.05, 0) is 19.4 Å². The summed E-state index contributed by atoms with van der Waals surface area (Å²) in [6.45, 7) is 4.44. The minimum Gasteiger partial charge on any atom is -0.492 e. The molecule has 0 aliphatic rings. The number of hydrogen-bond donors (Lipinski definition) is 2. The summed E-state index contributed by atoms with van der Waals surface area (Å²) >= 11 is 0. The van der Waals surface area contributed by atoms with Crippen LogP contribution in [0.2, 0.25) is 0 Å². The van der Waals surface area contributed by atoms with Gasteiger partial charge in [0.25, 0.3) is 0 Å². The van der Waals surface area contributed by atoms with E-state index >= 15 is 0 Å². The zero-order chi connectivity index (χ0) is 14.7. The van der Waals surface area contributed by atoms with Gasteiger partial charge in [0.2, 0.25) is 0 Å². The maximum Gasteiger partial charge on any atom is 0.144 e. The van der Waals surface area contributed by atoms with Crippen LogP contribution in [0.3, 0.4) is 0 Å². The normalized spacial score (nSPS) is 10.3. The van der Waals surface area contributed by atoms with E-state index in [0.717, 1.165) is 22.3 Å². The van der Waals surface area contributed by atoms with Crippen LogP contribution in [0.4, 0.5) is 11.4 Å². The van der Waals surface area contributed by atoms with Crippen LogP contribution in [0, 0.1) is 11.3 Å². The molecular weight excluding hydrogens is 252 g/mol. The summed E-state index contributed by atoms with van der Waals surface area (Å²) < 4.78 is 5.50. The van der Waals surface area contributed by atoms with Crippen molar-refractivity contribution in [3.05, 3.63) is 23.4 Å². The monoisotopic (exact) mass is 270 g/mol. The van der Waals surface area contributed by atoms with Crippen molar-refractivity contribution in [2.45, 2.75) is 20.3 Å². The molecule has 0 saturated carbocycles. The highest BCUT2D eigenvalue weighted by molar-refractivity contribution is 5.97. The van der Waals surface area contributed by atoms with Gasteiger partial charge in [0.05, 0.1) is 34.8 Å². The van der Waals surface area contributed by atoms with Crippen molar-refractivity contribution in [3.8, 4) is 11.8 Å². The van der Waals surface area contributed by atoms with Gasteiger partial charge in [0.15, 0.2) is 0 Å². The molecule has 1 aromatic carbocycles. The molecule has 2 aromatic rings. The highest BCUT2D eigenvalue weighted by atomic mass is 16.5. The topological polar surface area (TPSA) is 84.0 Å². The molecule has 0 fully saturated rings. The predicted octanol–water partition coefficient (Wildman–Crippen LogP) is 2.69. The number of rotatable bonds is 4. The van der Waals surface area contributed by atoms with Crippen LogP contribution in [0.25, 0.3) is 10.9 Å². The first-order valence-electron chi connectivity index (χ1n) is 6.62. The highest BCUT2D eigenvalue weighted by Gasteiger charge is 2.15. The fourth-order valence-electron chi connectivity index (χ4n) is 2.28. The molecule has 20 heavy (non-hydrogen) atoms. The van der Waals surface area contributed by atoms with Gasteiger partial charge in [-0.15, -0.1) is 0 Å². The van der Waals surface area contributed by atoms with E-state index in [4.69, 9.17) is 10.5 Å². The number of fused-ring (bicyclic) bond motifs is 1. The summed E-state index contributed by atoms with van der Waals surface area (Å²) in [5.74, 6) is 0.626. The Labute approximate surface area is 118 Å². The zero-order valence-corrected chi connectivity index (χ0v) is 11.9. The molecule has 104 valence electrons. The molecule has 0 atom stereocenters. The highest BCUT2D eigenvalue weighted by Crippen LogP contribution is 2.34. The molecule has 2 rings (SSSR count). The van der Waals surface area contributed by atoms with Gasteiger partial charge in [-0.1, -0.05) is 6.92 Å². The van der Waals surface area contributed by atoms with E-state index in [9.17, 15) is 5.26 Å². The number of nitriles is 1. The van der Waals surface area contributed by atoms with Crippen LogP contribution in [0.5, 0.6) is 5.75 Å². The van der Waals surface area contributed by atoms with Crippen LogP contribution in [-0.2, 0) is 6.42 Å². The summed E-state index contributed by atoms with van der Waals surface area (Å²) in [5.41, 5.74) is 9.44. The van der Waals surface area contributed by atoms with Gasteiger partial charge < -0.3 is 15.8 Å².